The monoisotopic (exact) mass is 498 g/mol. The lowest BCUT2D eigenvalue weighted by atomic mass is 10.2. The second-order valence-electron chi connectivity index (χ2n) is 7.16. The average molecular weight is 499 g/mol. The molecule has 0 unspecified atom stereocenters. The summed E-state index contributed by atoms with van der Waals surface area (Å²) in [5.41, 5.74) is 1.13. The van der Waals surface area contributed by atoms with E-state index in [9.17, 15) is 18.0 Å². The summed E-state index contributed by atoms with van der Waals surface area (Å²) in [6.45, 7) is 2.10. The number of anilines is 2. The summed E-state index contributed by atoms with van der Waals surface area (Å²) in [4.78, 5) is 26.0. The topological polar surface area (TPSA) is 108 Å². The van der Waals surface area contributed by atoms with Crippen LogP contribution in [-0.2, 0) is 14.8 Å². The number of morpholine rings is 1. The Kier molecular flexibility index (Phi) is 6.59. The number of amides is 3. The van der Waals surface area contributed by atoms with Crippen molar-refractivity contribution in [2.45, 2.75) is 4.90 Å². The molecule has 170 valence electrons. The molecule has 2 aliphatic rings. The normalized spacial score (nSPS) is 17.3. The number of rotatable bonds is 5. The predicted molar refractivity (Wildman–Crippen MR) is 121 cm³/mol. The minimum atomic E-state index is -3.92. The van der Waals surface area contributed by atoms with E-state index in [0.29, 0.717) is 24.5 Å². The summed E-state index contributed by atoms with van der Waals surface area (Å²) in [6, 6.07) is 8.97. The first-order valence-electron chi connectivity index (χ1n) is 9.81. The van der Waals surface area contributed by atoms with Crippen LogP contribution in [0.15, 0.2) is 41.3 Å². The summed E-state index contributed by atoms with van der Waals surface area (Å²) < 4.78 is 32.5. The molecule has 2 N–H and O–H groups in total. The Morgan fingerprint density at radius 2 is 1.72 bits per heavy atom. The van der Waals surface area contributed by atoms with Gasteiger partial charge in [-0.3, -0.25) is 9.69 Å². The fraction of sp³-hybridized carbons (Fsp3) is 0.300. The Hall–Kier alpha value is -2.37. The van der Waals surface area contributed by atoms with Crippen LogP contribution in [-0.4, -0.2) is 64.1 Å². The van der Waals surface area contributed by atoms with E-state index in [4.69, 9.17) is 27.9 Å². The van der Waals surface area contributed by atoms with Crippen molar-refractivity contribution >= 4 is 56.5 Å². The van der Waals surface area contributed by atoms with E-state index in [2.05, 4.69) is 10.6 Å². The first-order valence-corrected chi connectivity index (χ1v) is 12.0. The molecular weight excluding hydrogens is 479 g/mol. The highest BCUT2D eigenvalue weighted by Crippen LogP contribution is 2.31. The minimum Gasteiger partial charge on any atom is -0.379 e. The molecule has 3 amide bonds. The number of carbonyl (C=O) groups excluding carboxylic acids is 2. The van der Waals surface area contributed by atoms with E-state index >= 15 is 0 Å². The van der Waals surface area contributed by atoms with Crippen molar-refractivity contribution < 1.29 is 22.7 Å². The van der Waals surface area contributed by atoms with Crippen molar-refractivity contribution in [2.24, 2.45) is 0 Å². The smallest absolute Gasteiger partial charge is 0.321 e. The maximum atomic E-state index is 13.0. The zero-order valence-corrected chi connectivity index (χ0v) is 19.1. The Bertz CT molecular complexity index is 1150. The molecule has 0 spiro atoms. The van der Waals surface area contributed by atoms with Crippen LogP contribution in [0.25, 0.3) is 0 Å². The van der Waals surface area contributed by atoms with Gasteiger partial charge in [0.15, 0.2) is 0 Å². The van der Waals surface area contributed by atoms with E-state index in [1.807, 2.05) is 0 Å². The van der Waals surface area contributed by atoms with Crippen molar-refractivity contribution in [1.29, 1.82) is 0 Å². The first-order chi connectivity index (χ1) is 15.3. The lowest BCUT2D eigenvalue weighted by Gasteiger charge is -2.26. The first kappa shape index (κ1) is 22.8. The van der Waals surface area contributed by atoms with Crippen LogP contribution in [0.3, 0.4) is 0 Å². The van der Waals surface area contributed by atoms with Crippen LogP contribution in [0.1, 0.15) is 10.4 Å². The number of benzene rings is 2. The van der Waals surface area contributed by atoms with E-state index in [0.717, 1.165) is 0 Å². The molecule has 0 saturated carbocycles. The molecule has 2 aromatic rings. The number of carbonyl (C=O) groups is 2. The second-order valence-corrected chi connectivity index (χ2v) is 9.88. The zero-order valence-electron chi connectivity index (χ0n) is 16.8. The average Bonchev–Trinajstić information content (AvgIpc) is 3.20. The van der Waals surface area contributed by atoms with Gasteiger partial charge < -0.3 is 15.4 Å². The molecule has 32 heavy (non-hydrogen) atoms. The van der Waals surface area contributed by atoms with Crippen molar-refractivity contribution in [3.05, 3.63) is 52.0 Å². The number of sulfonamides is 1. The molecule has 0 atom stereocenters. The summed E-state index contributed by atoms with van der Waals surface area (Å²) in [5.74, 6) is -0.586. The number of nitrogens with one attached hydrogen (secondary N) is 2. The van der Waals surface area contributed by atoms with Crippen LogP contribution in [0.4, 0.5) is 16.2 Å². The minimum absolute atomic E-state index is 0.0223. The molecule has 0 radical (unpaired) electrons. The standard InChI is InChI=1S/C20H20Cl2N4O5S/c21-16-12-17(22)18(32(29,30)25-7-9-31-10-8-25)11-15(16)19(27)24-13-1-3-14(4-2-13)26-6-5-23-20(26)28/h1-4,11-12H,5-10H2,(H,23,28)(H,24,27). The van der Waals surface area contributed by atoms with Crippen LogP contribution in [0.2, 0.25) is 10.0 Å². The number of urea groups is 1. The molecule has 4 rings (SSSR count). The Labute approximate surface area is 195 Å². The molecule has 2 aliphatic heterocycles. The molecular formula is C20H20Cl2N4O5S. The quantitative estimate of drug-likeness (QED) is 0.658. The maximum absolute atomic E-state index is 13.0. The lowest BCUT2D eigenvalue weighted by molar-refractivity contribution is 0.0730. The fourth-order valence-corrected chi connectivity index (χ4v) is 5.71. The Morgan fingerprint density at radius 3 is 2.34 bits per heavy atom. The van der Waals surface area contributed by atoms with Gasteiger partial charge in [0, 0.05) is 37.6 Å². The summed E-state index contributed by atoms with van der Waals surface area (Å²) in [7, 11) is -3.92. The van der Waals surface area contributed by atoms with Gasteiger partial charge in [-0.05, 0) is 36.4 Å². The largest absolute Gasteiger partial charge is 0.379 e. The predicted octanol–water partition coefficient (Wildman–Crippen LogP) is 2.80. The van der Waals surface area contributed by atoms with Crippen molar-refractivity contribution in [1.82, 2.24) is 9.62 Å². The van der Waals surface area contributed by atoms with Crippen LogP contribution < -0.4 is 15.5 Å². The SMILES string of the molecule is O=C(Nc1ccc(N2CCNC2=O)cc1)c1cc(S(=O)(=O)N2CCOCC2)c(Cl)cc1Cl. The molecule has 12 heteroatoms. The van der Waals surface area contributed by atoms with Crippen LogP contribution in [0, 0.1) is 0 Å². The molecule has 0 aliphatic carbocycles. The molecule has 2 saturated heterocycles. The van der Waals surface area contributed by atoms with Gasteiger partial charge in [0.1, 0.15) is 4.90 Å². The highest BCUT2D eigenvalue weighted by Gasteiger charge is 2.30. The summed E-state index contributed by atoms with van der Waals surface area (Å²) >= 11 is 12.4. The molecule has 9 nitrogen and oxygen atoms in total. The van der Waals surface area contributed by atoms with Gasteiger partial charge in [-0.25, -0.2) is 13.2 Å². The van der Waals surface area contributed by atoms with Crippen molar-refractivity contribution in [3.63, 3.8) is 0 Å². The highest BCUT2D eigenvalue weighted by molar-refractivity contribution is 7.89. The van der Waals surface area contributed by atoms with Gasteiger partial charge in [0.2, 0.25) is 10.0 Å². The molecule has 2 heterocycles. The number of ether oxygens (including phenoxy) is 1. The number of hydrogen-bond donors (Lipinski definition) is 2. The lowest BCUT2D eigenvalue weighted by Crippen LogP contribution is -2.40. The Morgan fingerprint density at radius 1 is 1.03 bits per heavy atom. The van der Waals surface area contributed by atoms with Gasteiger partial charge in [-0.2, -0.15) is 4.31 Å². The van der Waals surface area contributed by atoms with Gasteiger partial charge >= 0.3 is 6.03 Å². The Balaban J connectivity index is 1.56. The van der Waals surface area contributed by atoms with Crippen molar-refractivity contribution in [2.75, 3.05) is 49.6 Å². The molecule has 0 aromatic heterocycles. The molecule has 2 aromatic carbocycles. The van der Waals surface area contributed by atoms with E-state index in [1.165, 1.54) is 16.4 Å². The number of nitrogens with zero attached hydrogens (tertiary/aromatic N) is 2. The van der Waals surface area contributed by atoms with Gasteiger partial charge in [0.25, 0.3) is 5.91 Å². The van der Waals surface area contributed by atoms with E-state index in [-0.39, 0.29) is 52.8 Å². The van der Waals surface area contributed by atoms with Gasteiger partial charge in [-0.1, -0.05) is 23.2 Å². The van der Waals surface area contributed by atoms with Crippen molar-refractivity contribution in [3.8, 4) is 0 Å². The number of halogens is 2. The van der Waals surface area contributed by atoms with Gasteiger partial charge in [-0.15, -0.1) is 0 Å². The van der Waals surface area contributed by atoms with Crippen LogP contribution >= 0.6 is 23.2 Å². The van der Waals surface area contributed by atoms with E-state index in [1.54, 1.807) is 29.2 Å². The van der Waals surface area contributed by atoms with Gasteiger partial charge in [0.05, 0.1) is 28.8 Å². The number of hydrogen-bond acceptors (Lipinski definition) is 5. The fourth-order valence-electron chi connectivity index (χ4n) is 3.47. The third-order valence-electron chi connectivity index (χ3n) is 5.15. The maximum Gasteiger partial charge on any atom is 0.321 e. The highest BCUT2D eigenvalue weighted by atomic mass is 35.5. The molecule has 2 fully saturated rings. The van der Waals surface area contributed by atoms with Crippen LogP contribution in [0.5, 0.6) is 0 Å². The third kappa shape index (κ3) is 4.55. The third-order valence-corrected chi connectivity index (χ3v) is 7.82. The second kappa shape index (κ2) is 9.24. The summed E-state index contributed by atoms with van der Waals surface area (Å²) in [5, 5.41) is 5.38. The molecule has 0 bridgehead atoms. The zero-order chi connectivity index (χ0) is 22.9. The summed E-state index contributed by atoms with van der Waals surface area (Å²) in [6.07, 6.45) is 0. The van der Waals surface area contributed by atoms with E-state index < -0.39 is 15.9 Å².